The van der Waals surface area contributed by atoms with Crippen molar-refractivity contribution < 1.29 is 9.90 Å². The fourth-order valence-electron chi connectivity index (χ4n) is 1.60. The highest BCUT2D eigenvalue weighted by molar-refractivity contribution is 6.01. The maximum atomic E-state index is 11.8. The maximum Gasteiger partial charge on any atom is 0.275 e. The van der Waals surface area contributed by atoms with Crippen molar-refractivity contribution in [3.05, 3.63) is 65.7 Å². The third kappa shape index (κ3) is 3.19. The van der Waals surface area contributed by atoms with E-state index in [4.69, 9.17) is 0 Å². The standard InChI is InChI=1S/C15H14N2O2/c1-11(12-7-3-2-4-8-12)16-17-15(19)13-9-5-6-10-14(13)18/h2-10,18H,1H3,(H,17,19)/b16-11+. The maximum absolute atomic E-state index is 11.8. The van der Waals surface area contributed by atoms with Gasteiger partial charge in [0.25, 0.3) is 5.91 Å². The highest BCUT2D eigenvalue weighted by Gasteiger charge is 2.09. The topological polar surface area (TPSA) is 61.7 Å². The number of benzene rings is 2. The van der Waals surface area contributed by atoms with Crippen LogP contribution >= 0.6 is 0 Å². The smallest absolute Gasteiger partial charge is 0.275 e. The molecular weight excluding hydrogens is 240 g/mol. The van der Waals surface area contributed by atoms with Crippen LogP contribution in [0.25, 0.3) is 0 Å². The van der Waals surface area contributed by atoms with Crippen LogP contribution in [-0.4, -0.2) is 16.7 Å². The van der Waals surface area contributed by atoms with E-state index in [1.807, 2.05) is 30.3 Å². The molecule has 0 fully saturated rings. The van der Waals surface area contributed by atoms with Gasteiger partial charge in [-0.25, -0.2) is 5.43 Å². The molecule has 96 valence electrons. The summed E-state index contributed by atoms with van der Waals surface area (Å²) in [7, 11) is 0. The second-order valence-corrected chi connectivity index (χ2v) is 4.02. The zero-order valence-electron chi connectivity index (χ0n) is 10.5. The minimum atomic E-state index is -0.437. The third-order valence-corrected chi connectivity index (χ3v) is 2.67. The van der Waals surface area contributed by atoms with Gasteiger partial charge in [0.15, 0.2) is 0 Å². The monoisotopic (exact) mass is 254 g/mol. The predicted molar refractivity (Wildman–Crippen MR) is 74.2 cm³/mol. The Kier molecular flexibility index (Phi) is 3.93. The van der Waals surface area contributed by atoms with E-state index in [9.17, 15) is 9.90 Å². The summed E-state index contributed by atoms with van der Waals surface area (Å²) < 4.78 is 0. The van der Waals surface area contributed by atoms with Gasteiger partial charge in [0.2, 0.25) is 0 Å². The van der Waals surface area contributed by atoms with E-state index in [0.29, 0.717) is 5.71 Å². The molecule has 2 aromatic rings. The van der Waals surface area contributed by atoms with Gasteiger partial charge in [-0.2, -0.15) is 5.10 Å². The summed E-state index contributed by atoms with van der Waals surface area (Å²) in [5.41, 5.74) is 4.26. The van der Waals surface area contributed by atoms with Crippen molar-refractivity contribution >= 4 is 11.6 Å². The number of hydrazone groups is 1. The number of hydrogen-bond acceptors (Lipinski definition) is 3. The lowest BCUT2D eigenvalue weighted by molar-refractivity contribution is 0.0952. The molecule has 2 rings (SSSR count). The van der Waals surface area contributed by atoms with Gasteiger partial charge in [-0.05, 0) is 24.6 Å². The Bertz CT molecular complexity index is 607. The molecule has 0 radical (unpaired) electrons. The first kappa shape index (κ1) is 12.8. The fraction of sp³-hybridized carbons (Fsp3) is 0.0667. The number of amides is 1. The molecule has 0 saturated heterocycles. The summed E-state index contributed by atoms with van der Waals surface area (Å²) >= 11 is 0. The second-order valence-electron chi connectivity index (χ2n) is 4.02. The summed E-state index contributed by atoms with van der Waals surface area (Å²) in [6.07, 6.45) is 0. The van der Waals surface area contributed by atoms with Crippen LogP contribution < -0.4 is 5.43 Å². The Morgan fingerprint density at radius 1 is 1.05 bits per heavy atom. The minimum Gasteiger partial charge on any atom is -0.507 e. The normalized spacial score (nSPS) is 11.1. The lowest BCUT2D eigenvalue weighted by atomic mass is 10.1. The summed E-state index contributed by atoms with van der Waals surface area (Å²) in [5, 5.41) is 13.6. The van der Waals surface area contributed by atoms with E-state index in [2.05, 4.69) is 10.5 Å². The molecule has 1 amide bonds. The molecule has 0 aromatic heterocycles. The molecule has 2 aromatic carbocycles. The highest BCUT2D eigenvalue weighted by Crippen LogP contribution is 2.14. The van der Waals surface area contributed by atoms with Crippen LogP contribution in [0.4, 0.5) is 0 Å². The van der Waals surface area contributed by atoms with Gasteiger partial charge in [-0.15, -0.1) is 0 Å². The predicted octanol–water partition coefficient (Wildman–Crippen LogP) is 2.55. The molecular formula is C15H14N2O2. The molecule has 19 heavy (non-hydrogen) atoms. The van der Waals surface area contributed by atoms with Crippen molar-refractivity contribution in [3.8, 4) is 5.75 Å². The molecule has 0 spiro atoms. The van der Waals surface area contributed by atoms with Gasteiger partial charge >= 0.3 is 0 Å². The number of nitrogens with one attached hydrogen (secondary N) is 1. The molecule has 0 aliphatic carbocycles. The molecule has 0 bridgehead atoms. The van der Waals surface area contributed by atoms with Crippen LogP contribution in [0.2, 0.25) is 0 Å². The largest absolute Gasteiger partial charge is 0.507 e. The van der Waals surface area contributed by atoms with Crippen molar-refractivity contribution in [2.45, 2.75) is 6.92 Å². The number of phenolic OH excluding ortho intramolecular Hbond substituents is 1. The number of aromatic hydroxyl groups is 1. The molecule has 0 aliphatic rings. The second kappa shape index (κ2) is 5.82. The van der Waals surface area contributed by atoms with Crippen molar-refractivity contribution in [2.24, 2.45) is 5.10 Å². The first-order valence-corrected chi connectivity index (χ1v) is 5.86. The van der Waals surface area contributed by atoms with Gasteiger partial charge < -0.3 is 5.11 Å². The lowest BCUT2D eigenvalue weighted by Gasteiger charge is -2.04. The van der Waals surface area contributed by atoms with Crippen molar-refractivity contribution in [3.63, 3.8) is 0 Å². The number of carbonyl (C=O) groups excluding carboxylic acids is 1. The molecule has 4 heteroatoms. The first-order valence-electron chi connectivity index (χ1n) is 5.86. The average Bonchev–Trinajstić information content (AvgIpc) is 2.46. The Morgan fingerprint density at radius 3 is 2.37 bits per heavy atom. The van der Waals surface area contributed by atoms with E-state index in [1.165, 1.54) is 12.1 Å². The Balaban J connectivity index is 2.11. The lowest BCUT2D eigenvalue weighted by Crippen LogP contribution is -2.19. The van der Waals surface area contributed by atoms with Crippen LogP contribution in [0.1, 0.15) is 22.8 Å². The number of rotatable bonds is 3. The van der Waals surface area contributed by atoms with Gasteiger partial charge in [-0.1, -0.05) is 42.5 Å². The van der Waals surface area contributed by atoms with Gasteiger partial charge in [0, 0.05) is 0 Å². The Morgan fingerprint density at radius 2 is 1.68 bits per heavy atom. The summed E-state index contributed by atoms with van der Waals surface area (Å²) in [6.45, 7) is 1.81. The first-order chi connectivity index (χ1) is 9.18. The van der Waals surface area contributed by atoms with Crippen molar-refractivity contribution in [2.75, 3.05) is 0 Å². The molecule has 2 N–H and O–H groups in total. The quantitative estimate of drug-likeness (QED) is 0.653. The summed E-state index contributed by atoms with van der Waals surface area (Å²) in [6, 6.07) is 15.9. The van der Waals surface area contributed by atoms with Crippen LogP contribution in [0.3, 0.4) is 0 Å². The molecule has 0 aliphatic heterocycles. The van der Waals surface area contributed by atoms with Gasteiger partial charge in [0.1, 0.15) is 5.75 Å². The highest BCUT2D eigenvalue weighted by atomic mass is 16.3. The Hall–Kier alpha value is -2.62. The van der Waals surface area contributed by atoms with E-state index in [1.54, 1.807) is 19.1 Å². The zero-order chi connectivity index (χ0) is 13.7. The molecule has 0 atom stereocenters. The van der Waals surface area contributed by atoms with Gasteiger partial charge in [0.05, 0.1) is 11.3 Å². The zero-order valence-corrected chi connectivity index (χ0v) is 10.5. The molecule has 0 heterocycles. The van der Waals surface area contributed by atoms with Crippen molar-refractivity contribution in [1.82, 2.24) is 5.43 Å². The van der Waals surface area contributed by atoms with Crippen LogP contribution in [0.15, 0.2) is 59.7 Å². The van der Waals surface area contributed by atoms with E-state index in [-0.39, 0.29) is 11.3 Å². The minimum absolute atomic E-state index is 0.0624. The van der Waals surface area contributed by atoms with E-state index >= 15 is 0 Å². The van der Waals surface area contributed by atoms with E-state index < -0.39 is 5.91 Å². The molecule has 0 unspecified atom stereocenters. The van der Waals surface area contributed by atoms with Gasteiger partial charge in [-0.3, -0.25) is 4.79 Å². The van der Waals surface area contributed by atoms with E-state index in [0.717, 1.165) is 5.56 Å². The number of hydrogen-bond donors (Lipinski definition) is 2. The number of carbonyl (C=O) groups is 1. The molecule has 4 nitrogen and oxygen atoms in total. The van der Waals surface area contributed by atoms with Crippen LogP contribution in [0, 0.1) is 0 Å². The number of nitrogens with zero attached hydrogens (tertiary/aromatic N) is 1. The number of para-hydroxylation sites is 1. The van der Waals surface area contributed by atoms with Crippen LogP contribution in [-0.2, 0) is 0 Å². The third-order valence-electron chi connectivity index (χ3n) is 2.67. The fourth-order valence-corrected chi connectivity index (χ4v) is 1.60. The Labute approximate surface area is 111 Å². The van der Waals surface area contributed by atoms with Crippen molar-refractivity contribution in [1.29, 1.82) is 0 Å². The van der Waals surface area contributed by atoms with Crippen LogP contribution in [0.5, 0.6) is 5.75 Å². The number of phenols is 1. The summed E-state index contributed by atoms with van der Waals surface area (Å²) in [5.74, 6) is -0.499. The summed E-state index contributed by atoms with van der Waals surface area (Å²) in [4.78, 5) is 11.8. The average molecular weight is 254 g/mol. The molecule has 0 saturated carbocycles. The SMILES string of the molecule is C/C(=N\NC(=O)c1ccccc1O)c1ccccc1.